The lowest BCUT2D eigenvalue weighted by molar-refractivity contribution is 0.0601. The molecule has 0 bridgehead atoms. The fourth-order valence-corrected chi connectivity index (χ4v) is 2.19. The highest BCUT2D eigenvalue weighted by Gasteiger charge is 2.31. The molecule has 1 amide bonds. The second kappa shape index (κ2) is 5.35. The number of carbonyl (C=O) groups excluding carboxylic acids is 1. The van der Waals surface area contributed by atoms with Crippen LogP contribution in [0.5, 0.6) is 5.88 Å². The molecule has 0 atom stereocenters. The zero-order valence-electron chi connectivity index (χ0n) is 10.8. The van der Waals surface area contributed by atoms with E-state index >= 15 is 0 Å². The number of nitrogens with two attached hydrogens (primary N) is 1. The number of nitrogens with one attached hydrogen (secondary N) is 1. The van der Waals surface area contributed by atoms with Crippen LogP contribution >= 0.6 is 0 Å². The van der Waals surface area contributed by atoms with E-state index in [0.717, 1.165) is 25.1 Å². The Morgan fingerprint density at radius 2 is 2.28 bits per heavy atom. The molecule has 1 saturated carbocycles. The molecule has 0 unspecified atom stereocenters. The number of amides is 1. The second-order valence-electron chi connectivity index (χ2n) is 4.80. The lowest BCUT2D eigenvalue weighted by Crippen LogP contribution is -2.39. The Hall–Kier alpha value is -1.62. The largest absolute Gasteiger partial charge is 0.474 e. The number of carbonyl (C=O) groups is 1. The number of aromatic nitrogens is 1. The highest BCUT2D eigenvalue weighted by molar-refractivity contribution is 5.95. The van der Waals surface area contributed by atoms with Crippen molar-refractivity contribution < 1.29 is 9.53 Å². The van der Waals surface area contributed by atoms with Crippen molar-refractivity contribution in [3.05, 3.63) is 23.4 Å². The summed E-state index contributed by atoms with van der Waals surface area (Å²) in [6.45, 7) is 2.87. The smallest absolute Gasteiger partial charge is 0.254 e. The average Bonchev–Trinajstić information content (AvgIpc) is 2.26. The van der Waals surface area contributed by atoms with Gasteiger partial charge in [0.1, 0.15) is 11.7 Å². The molecule has 5 nitrogen and oxygen atoms in total. The van der Waals surface area contributed by atoms with Crippen molar-refractivity contribution in [2.45, 2.75) is 25.9 Å². The van der Waals surface area contributed by atoms with Gasteiger partial charge in [0.2, 0.25) is 5.88 Å². The first-order valence-electron chi connectivity index (χ1n) is 6.19. The number of primary amides is 1. The molecule has 98 valence electrons. The summed E-state index contributed by atoms with van der Waals surface area (Å²) in [6.07, 6.45) is 2.14. The van der Waals surface area contributed by atoms with Gasteiger partial charge < -0.3 is 15.8 Å². The molecule has 2 rings (SSSR count). The van der Waals surface area contributed by atoms with Crippen LogP contribution in [0.15, 0.2) is 12.1 Å². The van der Waals surface area contributed by atoms with E-state index in [0.29, 0.717) is 17.4 Å². The predicted octanol–water partition coefficient (Wildman–Crippen LogP) is 0.866. The fraction of sp³-hybridized carbons (Fsp3) is 0.538. The van der Waals surface area contributed by atoms with Crippen LogP contribution in [0, 0.1) is 12.8 Å². The highest BCUT2D eigenvalue weighted by Crippen LogP contribution is 2.31. The molecule has 0 radical (unpaired) electrons. The molecular weight excluding hydrogens is 230 g/mol. The maximum atomic E-state index is 11.3. The van der Waals surface area contributed by atoms with Gasteiger partial charge in [-0.2, -0.15) is 0 Å². The Bertz CT molecular complexity index is 442. The zero-order chi connectivity index (χ0) is 13.1. The summed E-state index contributed by atoms with van der Waals surface area (Å²) in [5.74, 6) is 0.529. The Morgan fingerprint density at radius 3 is 2.89 bits per heavy atom. The highest BCUT2D eigenvalue weighted by atomic mass is 16.5. The number of aryl methyl sites for hydroxylation is 1. The molecular formula is C13H19N3O2. The normalized spacial score (nSPS) is 22.3. The standard InChI is InChI=1S/C13H19N3O2/c1-8-3-4-11(12(14)17)13(16-8)18-10-5-9(6-10)7-15-2/h3-4,9-10,15H,5-7H2,1-2H3,(H2,14,17). The molecule has 1 aromatic rings. The van der Waals surface area contributed by atoms with Crippen LogP contribution in [0.4, 0.5) is 0 Å². The molecule has 1 fully saturated rings. The van der Waals surface area contributed by atoms with Gasteiger partial charge in [-0.25, -0.2) is 4.98 Å². The SMILES string of the molecule is CNCC1CC(Oc2nc(C)ccc2C(N)=O)C1. The van der Waals surface area contributed by atoms with Gasteiger partial charge in [0.05, 0.1) is 0 Å². The molecule has 1 aliphatic rings. The maximum absolute atomic E-state index is 11.3. The van der Waals surface area contributed by atoms with Gasteiger partial charge in [-0.15, -0.1) is 0 Å². The Labute approximate surface area is 107 Å². The lowest BCUT2D eigenvalue weighted by atomic mass is 9.82. The third-order valence-electron chi connectivity index (χ3n) is 3.23. The number of rotatable bonds is 5. The van der Waals surface area contributed by atoms with Crippen molar-refractivity contribution in [2.24, 2.45) is 11.7 Å². The monoisotopic (exact) mass is 249 g/mol. The fourth-order valence-electron chi connectivity index (χ4n) is 2.19. The van der Waals surface area contributed by atoms with Crippen LogP contribution in [0.2, 0.25) is 0 Å². The molecule has 3 N–H and O–H groups in total. The molecule has 5 heteroatoms. The first-order valence-corrected chi connectivity index (χ1v) is 6.19. The Morgan fingerprint density at radius 1 is 1.56 bits per heavy atom. The molecule has 0 aliphatic heterocycles. The summed E-state index contributed by atoms with van der Waals surface area (Å²) < 4.78 is 5.76. The van der Waals surface area contributed by atoms with Crippen LogP contribution in [0.25, 0.3) is 0 Å². The van der Waals surface area contributed by atoms with E-state index in [1.54, 1.807) is 12.1 Å². The molecule has 0 aromatic carbocycles. The number of hydrogen-bond acceptors (Lipinski definition) is 4. The van der Waals surface area contributed by atoms with Crippen molar-refractivity contribution in [2.75, 3.05) is 13.6 Å². The van der Waals surface area contributed by atoms with E-state index in [4.69, 9.17) is 10.5 Å². The predicted molar refractivity (Wildman–Crippen MR) is 68.6 cm³/mol. The average molecular weight is 249 g/mol. The van der Waals surface area contributed by atoms with Crippen LogP contribution in [0.3, 0.4) is 0 Å². The summed E-state index contributed by atoms with van der Waals surface area (Å²) >= 11 is 0. The van der Waals surface area contributed by atoms with E-state index in [1.807, 2.05) is 14.0 Å². The first-order chi connectivity index (χ1) is 8.60. The number of nitrogens with zero attached hydrogens (tertiary/aromatic N) is 1. The zero-order valence-corrected chi connectivity index (χ0v) is 10.8. The van der Waals surface area contributed by atoms with Gasteiger partial charge in [0.25, 0.3) is 5.91 Å². The van der Waals surface area contributed by atoms with Crippen molar-refractivity contribution in [3.63, 3.8) is 0 Å². The molecule has 1 aromatic heterocycles. The molecule has 0 spiro atoms. The topological polar surface area (TPSA) is 77.2 Å². The summed E-state index contributed by atoms with van der Waals surface area (Å²) in [6, 6.07) is 3.43. The minimum atomic E-state index is -0.497. The van der Waals surface area contributed by atoms with Gasteiger partial charge >= 0.3 is 0 Å². The van der Waals surface area contributed by atoms with Crippen molar-refractivity contribution in [1.82, 2.24) is 10.3 Å². The molecule has 18 heavy (non-hydrogen) atoms. The van der Waals surface area contributed by atoms with Crippen molar-refractivity contribution in [1.29, 1.82) is 0 Å². The summed E-state index contributed by atoms with van der Waals surface area (Å²) in [5.41, 5.74) is 6.49. The van der Waals surface area contributed by atoms with E-state index < -0.39 is 5.91 Å². The van der Waals surface area contributed by atoms with Crippen LogP contribution in [-0.2, 0) is 0 Å². The van der Waals surface area contributed by atoms with Gasteiger partial charge in [0, 0.05) is 5.69 Å². The number of ether oxygens (including phenoxy) is 1. The van der Waals surface area contributed by atoms with E-state index in [9.17, 15) is 4.79 Å². The van der Waals surface area contributed by atoms with Crippen LogP contribution < -0.4 is 15.8 Å². The van der Waals surface area contributed by atoms with E-state index in [2.05, 4.69) is 10.3 Å². The first kappa shape index (κ1) is 12.8. The van der Waals surface area contributed by atoms with E-state index in [1.165, 1.54) is 0 Å². The van der Waals surface area contributed by atoms with Gasteiger partial charge in [-0.05, 0) is 51.4 Å². The molecule has 0 saturated heterocycles. The van der Waals surface area contributed by atoms with Gasteiger partial charge in [0.15, 0.2) is 0 Å². The van der Waals surface area contributed by atoms with Crippen molar-refractivity contribution >= 4 is 5.91 Å². The van der Waals surface area contributed by atoms with Crippen LogP contribution in [-0.4, -0.2) is 30.6 Å². The number of pyridine rings is 1. The summed E-state index contributed by atoms with van der Waals surface area (Å²) in [4.78, 5) is 15.5. The summed E-state index contributed by atoms with van der Waals surface area (Å²) in [5, 5.41) is 3.15. The number of hydrogen-bond donors (Lipinski definition) is 2. The van der Waals surface area contributed by atoms with Crippen molar-refractivity contribution in [3.8, 4) is 5.88 Å². The second-order valence-corrected chi connectivity index (χ2v) is 4.80. The van der Waals surface area contributed by atoms with Gasteiger partial charge in [-0.3, -0.25) is 4.79 Å². The Kier molecular flexibility index (Phi) is 3.81. The maximum Gasteiger partial charge on any atom is 0.254 e. The van der Waals surface area contributed by atoms with E-state index in [-0.39, 0.29) is 6.10 Å². The minimum Gasteiger partial charge on any atom is -0.474 e. The third-order valence-corrected chi connectivity index (χ3v) is 3.23. The summed E-state index contributed by atoms with van der Waals surface area (Å²) in [7, 11) is 1.95. The van der Waals surface area contributed by atoms with Gasteiger partial charge in [-0.1, -0.05) is 0 Å². The quantitative estimate of drug-likeness (QED) is 0.811. The Balaban J connectivity index is 2.01. The third kappa shape index (κ3) is 2.79. The van der Waals surface area contributed by atoms with Crippen LogP contribution in [0.1, 0.15) is 28.9 Å². The minimum absolute atomic E-state index is 0.149. The molecule has 1 heterocycles. The lowest BCUT2D eigenvalue weighted by Gasteiger charge is -2.35. The molecule has 1 aliphatic carbocycles.